The molecule has 164 valence electrons. The first-order valence-corrected chi connectivity index (χ1v) is 11.6. The summed E-state index contributed by atoms with van der Waals surface area (Å²) < 4.78 is 16.2. The van der Waals surface area contributed by atoms with Crippen molar-refractivity contribution in [3.63, 3.8) is 0 Å². The van der Waals surface area contributed by atoms with Crippen LogP contribution in [0.25, 0.3) is 11.2 Å². The average Bonchev–Trinajstić information content (AvgIpc) is 3.16. The van der Waals surface area contributed by atoms with Crippen molar-refractivity contribution >= 4 is 28.8 Å². The molecule has 7 heteroatoms. The maximum absolute atomic E-state index is 14.3. The molecule has 2 aromatic heterocycles. The van der Waals surface area contributed by atoms with E-state index < -0.39 is 0 Å². The number of hydrogen-bond donors (Lipinski definition) is 1. The summed E-state index contributed by atoms with van der Waals surface area (Å²) in [7, 11) is 0. The summed E-state index contributed by atoms with van der Waals surface area (Å²) in [5.74, 6) is 0.372. The molecule has 0 unspecified atom stereocenters. The Morgan fingerprint density at radius 3 is 2.66 bits per heavy atom. The minimum absolute atomic E-state index is 0.0590. The topological polar surface area (TPSA) is 59.8 Å². The predicted molar refractivity (Wildman–Crippen MR) is 126 cm³/mol. The van der Waals surface area contributed by atoms with Crippen molar-refractivity contribution in [3.8, 4) is 0 Å². The van der Waals surface area contributed by atoms with Crippen LogP contribution < -0.4 is 5.32 Å². The van der Waals surface area contributed by atoms with E-state index in [9.17, 15) is 9.18 Å². The van der Waals surface area contributed by atoms with Crippen LogP contribution >= 0.6 is 11.8 Å². The van der Waals surface area contributed by atoms with Crippen molar-refractivity contribution in [2.24, 2.45) is 0 Å². The number of nitrogens with one attached hydrogen (secondary N) is 1. The quantitative estimate of drug-likeness (QED) is 0.365. The third kappa shape index (κ3) is 4.99. The number of imidazole rings is 1. The van der Waals surface area contributed by atoms with Gasteiger partial charge in [-0.25, -0.2) is 14.4 Å². The first-order chi connectivity index (χ1) is 15.5. The Labute approximate surface area is 191 Å². The summed E-state index contributed by atoms with van der Waals surface area (Å²) in [5, 5.41) is 3.76. The molecular weight excluding hydrogens is 423 g/mol. The molecule has 2 aromatic carbocycles. The second-order valence-corrected chi connectivity index (χ2v) is 8.63. The molecule has 32 heavy (non-hydrogen) atoms. The summed E-state index contributed by atoms with van der Waals surface area (Å²) in [6, 6.07) is 18.3. The normalized spacial score (nSPS) is 12.1. The van der Waals surface area contributed by atoms with Crippen LogP contribution in [-0.2, 0) is 12.3 Å². The lowest BCUT2D eigenvalue weighted by Crippen LogP contribution is -2.31. The zero-order chi connectivity index (χ0) is 22.5. The molecule has 0 radical (unpaired) electrons. The van der Waals surface area contributed by atoms with Gasteiger partial charge in [0.05, 0.1) is 6.54 Å². The maximum Gasteiger partial charge on any atom is 0.251 e. The van der Waals surface area contributed by atoms with E-state index in [1.807, 2.05) is 60.9 Å². The lowest BCUT2D eigenvalue weighted by atomic mass is 10.1. The van der Waals surface area contributed by atoms with Gasteiger partial charge in [0, 0.05) is 29.1 Å². The van der Waals surface area contributed by atoms with E-state index in [2.05, 4.69) is 10.3 Å². The SMILES string of the molecule is CC[C@H](C)NC(=O)c1ccc(CSc2nc3cccnc3n2Cc2ccccc2F)cc1. The molecule has 0 fully saturated rings. The molecule has 4 rings (SSSR count). The molecule has 2 heterocycles. The molecule has 0 aliphatic rings. The van der Waals surface area contributed by atoms with Gasteiger partial charge >= 0.3 is 0 Å². The molecule has 0 saturated carbocycles. The summed E-state index contributed by atoms with van der Waals surface area (Å²) in [6.07, 6.45) is 2.61. The number of aromatic nitrogens is 3. The minimum Gasteiger partial charge on any atom is -0.350 e. The first kappa shape index (κ1) is 22.0. The zero-order valence-electron chi connectivity index (χ0n) is 18.1. The number of nitrogens with zero attached hydrogens (tertiary/aromatic N) is 3. The third-order valence-electron chi connectivity index (χ3n) is 5.33. The molecular formula is C25H25FN4OS. The number of fused-ring (bicyclic) bond motifs is 1. The van der Waals surface area contributed by atoms with E-state index >= 15 is 0 Å². The largest absolute Gasteiger partial charge is 0.350 e. The Morgan fingerprint density at radius 2 is 1.91 bits per heavy atom. The first-order valence-electron chi connectivity index (χ1n) is 10.6. The van der Waals surface area contributed by atoms with Crippen molar-refractivity contribution in [1.82, 2.24) is 19.9 Å². The lowest BCUT2D eigenvalue weighted by Gasteiger charge is -2.12. The highest BCUT2D eigenvalue weighted by molar-refractivity contribution is 7.98. The molecule has 1 amide bonds. The van der Waals surface area contributed by atoms with Crippen molar-refractivity contribution in [2.75, 3.05) is 0 Å². The number of amides is 1. The number of rotatable bonds is 8. The highest BCUT2D eigenvalue weighted by Gasteiger charge is 2.15. The van der Waals surface area contributed by atoms with Gasteiger partial charge in [0.25, 0.3) is 5.91 Å². The molecule has 5 nitrogen and oxygen atoms in total. The van der Waals surface area contributed by atoms with Gasteiger partial charge in [0.15, 0.2) is 10.8 Å². The second kappa shape index (κ2) is 9.96. The molecule has 0 bridgehead atoms. The van der Waals surface area contributed by atoms with Crippen molar-refractivity contribution in [3.05, 3.63) is 89.4 Å². The predicted octanol–water partition coefficient (Wildman–Crippen LogP) is 5.44. The van der Waals surface area contributed by atoms with E-state index in [1.54, 1.807) is 30.1 Å². The van der Waals surface area contributed by atoms with E-state index in [4.69, 9.17) is 4.98 Å². The fraction of sp³-hybridized carbons (Fsp3) is 0.240. The van der Waals surface area contributed by atoms with Crippen LogP contribution in [0.4, 0.5) is 4.39 Å². The van der Waals surface area contributed by atoms with Crippen LogP contribution in [0, 0.1) is 5.82 Å². The van der Waals surface area contributed by atoms with Crippen LogP contribution in [-0.4, -0.2) is 26.5 Å². The number of benzene rings is 2. The van der Waals surface area contributed by atoms with E-state index in [0.717, 1.165) is 28.3 Å². The maximum atomic E-state index is 14.3. The third-order valence-corrected chi connectivity index (χ3v) is 6.38. The molecule has 0 aliphatic heterocycles. The van der Waals surface area contributed by atoms with Gasteiger partial charge in [-0.3, -0.25) is 9.36 Å². The number of pyridine rings is 1. The minimum atomic E-state index is -0.243. The van der Waals surface area contributed by atoms with Crippen molar-refractivity contribution < 1.29 is 9.18 Å². The van der Waals surface area contributed by atoms with E-state index in [0.29, 0.717) is 23.4 Å². The van der Waals surface area contributed by atoms with Gasteiger partial charge < -0.3 is 5.32 Å². The van der Waals surface area contributed by atoms with Gasteiger partial charge in [-0.2, -0.15) is 0 Å². The fourth-order valence-corrected chi connectivity index (χ4v) is 4.25. The summed E-state index contributed by atoms with van der Waals surface area (Å²) in [4.78, 5) is 21.5. The summed E-state index contributed by atoms with van der Waals surface area (Å²) in [6.45, 7) is 4.39. The smallest absolute Gasteiger partial charge is 0.251 e. The Kier molecular flexibility index (Phi) is 6.85. The monoisotopic (exact) mass is 448 g/mol. The van der Waals surface area contributed by atoms with Gasteiger partial charge in [-0.1, -0.05) is 49.0 Å². The standard InChI is InChI=1S/C25H25FN4OS/c1-3-17(2)28-24(31)19-12-10-18(11-13-19)16-32-25-29-22-9-6-14-27-23(22)30(25)15-20-7-4-5-8-21(20)26/h4-14,17H,3,15-16H2,1-2H3,(H,28,31)/t17-/m0/s1. The highest BCUT2D eigenvalue weighted by Crippen LogP contribution is 2.27. The summed E-state index contributed by atoms with van der Waals surface area (Å²) in [5.41, 5.74) is 3.83. The van der Waals surface area contributed by atoms with Gasteiger partial charge in [0.1, 0.15) is 11.3 Å². The average molecular weight is 449 g/mol. The zero-order valence-corrected chi connectivity index (χ0v) is 18.9. The Morgan fingerprint density at radius 1 is 1.12 bits per heavy atom. The number of hydrogen-bond acceptors (Lipinski definition) is 4. The molecule has 0 saturated heterocycles. The number of thioether (sulfide) groups is 1. The van der Waals surface area contributed by atoms with Crippen LogP contribution in [0.15, 0.2) is 72.0 Å². The van der Waals surface area contributed by atoms with E-state index in [1.165, 1.54) is 6.07 Å². The Hall–Kier alpha value is -3.19. The van der Waals surface area contributed by atoms with Crippen LogP contribution in [0.3, 0.4) is 0 Å². The van der Waals surface area contributed by atoms with Gasteiger partial charge in [0.2, 0.25) is 0 Å². The number of carbonyl (C=O) groups excluding carboxylic acids is 1. The fourth-order valence-electron chi connectivity index (χ4n) is 3.30. The van der Waals surface area contributed by atoms with E-state index in [-0.39, 0.29) is 17.8 Å². The number of carbonyl (C=O) groups is 1. The molecule has 0 spiro atoms. The second-order valence-electron chi connectivity index (χ2n) is 7.69. The molecule has 0 aliphatic carbocycles. The summed E-state index contributed by atoms with van der Waals surface area (Å²) >= 11 is 1.57. The van der Waals surface area contributed by atoms with Gasteiger partial charge in [-0.15, -0.1) is 0 Å². The van der Waals surface area contributed by atoms with Crippen LogP contribution in [0.1, 0.15) is 41.8 Å². The Balaban J connectivity index is 1.52. The number of halogens is 1. The van der Waals surface area contributed by atoms with Gasteiger partial charge in [-0.05, 0) is 49.2 Å². The Bertz CT molecular complexity index is 1220. The highest BCUT2D eigenvalue weighted by atomic mass is 32.2. The van der Waals surface area contributed by atoms with Crippen LogP contribution in [0.2, 0.25) is 0 Å². The lowest BCUT2D eigenvalue weighted by molar-refractivity contribution is 0.0939. The molecule has 1 N–H and O–H groups in total. The van der Waals surface area contributed by atoms with Crippen LogP contribution in [0.5, 0.6) is 0 Å². The molecule has 1 atom stereocenters. The molecule has 4 aromatic rings. The van der Waals surface area contributed by atoms with Crippen molar-refractivity contribution in [2.45, 2.75) is 43.8 Å². The van der Waals surface area contributed by atoms with Crippen molar-refractivity contribution in [1.29, 1.82) is 0 Å².